The molecule has 0 radical (unpaired) electrons. The highest BCUT2D eigenvalue weighted by Gasteiger charge is 2.66. The highest BCUT2D eigenvalue weighted by molar-refractivity contribution is 7.96. The molecule has 0 rings (SSSR count). The molecule has 0 bridgehead atoms. The zero-order valence-electron chi connectivity index (χ0n) is 16.8. The van der Waals surface area contributed by atoms with Gasteiger partial charge in [0.05, 0.1) is 31.1 Å². The minimum atomic E-state index is -4.56. The number of hydrogen-bond acceptors (Lipinski definition) is 8. The summed E-state index contributed by atoms with van der Waals surface area (Å²) in [6.45, 7) is 5.29. The summed E-state index contributed by atoms with van der Waals surface area (Å²) in [6.07, 6.45) is 3.32. The molecule has 0 fully saturated rings. The number of ether oxygens (including phenoxy) is 1. The Labute approximate surface area is 168 Å². The molecule has 0 saturated carbocycles. The molecule has 0 unspecified atom stereocenters. The van der Waals surface area contributed by atoms with Gasteiger partial charge in [0.2, 0.25) is 9.87 Å². The number of aldehydes is 1. The summed E-state index contributed by atoms with van der Waals surface area (Å²) < 4.78 is 57.5. The van der Waals surface area contributed by atoms with Gasteiger partial charge in [-0.2, -0.15) is 0 Å². The van der Waals surface area contributed by atoms with E-state index in [1.54, 1.807) is 0 Å². The normalized spacial score (nSPS) is 16.9. The van der Waals surface area contributed by atoms with Crippen molar-refractivity contribution in [3.05, 3.63) is 12.7 Å². The second kappa shape index (κ2) is 12.0. The molecule has 0 aliphatic rings. The van der Waals surface area contributed by atoms with Gasteiger partial charge in [0.25, 0.3) is 0 Å². The van der Waals surface area contributed by atoms with Crippen LogP contribution in [-0.2, 0) is 29.2 Å². The maximum absolute atomic E-state index is 13.2. The fourth-order valence-corrected chi connectivity index (χ4v) is 7.50. The van der Waals surface area contributed by atoms with Crippen molar-refractivity contribution >= 4 is 26.0 Å². The first-order valence-electron chi connectivity index (χ1n) is 9.52. The lowest BCUT2D eigenvalue weighted by Crippen LogP contribution is -2.67. The number of aliphatic hydroxyl groups excluding tert-OH is 1. The van der Waals surface area contributed by atoms with Gasteiger partial charge in [-0.25, -0.2) is 16.8 Å². The van der Waals surface area contributed by atoms with E-state index in [-0.39, 0.29) is 19.1 Å². The van der Waals surface area contributed by atoms with Crippen LogP contribution in [0.15, 0.2) is 12.7 Å². The van der Waals surface area contributed by atoms with E-state index in [2.05, 4.69) is 6.58 Å². The van der Waals surface area contributed by atoms with Crippen molar-refractivity contribution in [2.45, 2.75) is 68.7 Å². The van der Waals surface area contributed by atoms with E-state index < -0.39 is 60.7 Å². The molecule has 166 valence electrons. The van der Waals surface area contributed by atoms with Crippen LogP contribution < -0.4 is 0 Å². The summed E-state index contributed by atoms with van der Waals surface area (Å²) in [7, 11) is -9.02. The Morgan fingerprint density at radius 2 is 1.46 bits per heavy atom. The third-order valence-corrected chi connectivity index (χ3v) is 9.54. The molecule has 0 saturated heterocycles. The number of carbonyl (C=O) groups is 1. The lowest BCUT2D eigenvalue weighted by molar-refractivity contribution is -0.126. The van der Waals surface area contributed by atoms with Crippen LogP contribution in [0.1, 0.15) is 58.8 Å². The molecule has 28 heavy (non-hydrogen) atoms. The summed E-state index contributed by atoms with van der Waals surface area (Å²) in [5.41, 5.74) is 0. The van der Waals surface area contributed by atoms with Crippen molar-refractivity contribution in [3.8, 4) is 0 Å². The van der Waals surface area contributed by atoms with E-state index in [4.69, 9.17) is 4.74 Å². The fraction of sp³-hybridized carbons (Fsp3) is 0.833. The van der Waals surface area contributed by atoms with Gasteiger partial charge in [0.15, 0.2) is 19.7 Å². The Bertz CT molecular complexity index is 686. The van der Waals surface area contributed by atoms with E-state index in [9.17, 15) is 31.8 Å². The van der Waals surface area contributed by atoms with Crippen molar-refractivity contribution in [1.82, 2.24) is 0 Å². The molecule has 10 heteroatoms. The first kappa shape index (κ1) is 27.2. The summed E-state index contributed by atoms with van der Waals surface area (Å²) in [5, 5.41) is 20.9. The van der Waals surface area contributed by atoms with Crippen molar-refractivity contribution in [2.24, 2.45) is 0 Å². The summed E-state index contributed by atoms with van der Waals surface area (Å²) in [6, 6.07) is 0. The second-order valence-electron chi connectivity index (χ2n) is 6.72. The zero-order chi connectivity index (χ0) is 21.9. The molecule has 0 heterocycles. The number of aliphatic hydroxyl groups is 2. The van der Waals surface area contributed by atoms with E-state index >= 15 is 0 Å². The number of unbranched alkanes of at least 4 members (excludes halogenated alkanes) is 4. The molecule has 0 aliphatic carbocycles. The quantitative estimate of drug-likeness (QED) is 0.196. The Morgan fingerprint density at radius 1 is 0.964 bits per heavy atom. The molecule has 0 aliphatic heterocycles. The van der Waals surface area contributed by atoms with Gasteiger partial charge in [-0.15, -0.1) is 6.58 Å². The van der Waals surface area contributed by atoms with Crippen molar-refractivity contribution in [3.63, 3.8) is 0 Å². The van der Waals surface area contributed by atoms with Gasteiger partial charge in [-0.1, -0.05) is 45.6 Å². The van der Waals surface area contributed by atoms with Crippen LogP contribution in [0.25, 0.3) is 0 Å². The Balaban J connectivity index is 6.50. The molecule has 0 aromatic heterocycles. The van der Waals surface area contributed by atoms with Crippen LogP contribution in [0.4, 0.5) is 0 Å². The average molecular weight is 443 g/mol. The number of rotatable bonds is 17. The Kier molecular flexibility index (Phi) is 11.7. The average Bonchev–Trinajstić information content (AvgIpc) is 2.64. The van der Waals surface area contributed by atoms with Gasteiger partial charge < -0.3 is 19.7 Å². The molecule has 0 aromatic rings. The molecule has 0 spiro atoms. The molecule has 0 aromatic carbocycles. The predicted octanol–water partition coefficient (Wildman–Crippen LogP) is 1.37. The number of carbonyl (C=O) groups excluding carboxylic acids is 1. The molecule has 8 nitrogen and oxygen atoms in total. The minimum Gasteiger partial charge on any atom is -0.392 e. The molecule has 2 N–H and O–H groups in total. The number of hydrogen-bond donors (Lipinski definition) is 2. The SMILES string of the molecule is C=CCO[C@@](CC=O)([C@](O)(CO)S(=O)(=O)CCCCC)S(=O)(=O)CCCCC. The van der Waals surface area contributed by atoms with Crippen LogP contribution in [0, 0.1) is 0 Å². The molecular formula is C18H34O8S2. The van der Waals surface area contributed by atoms with Gasteiger partial charge in [-0.05, 0) is 12.8 Å². The predicted molar refractivity (Wildman–Crippen MR) is 108 cm³/mol. The maximum atomic E-state index is 13.2. The molecule has 2 atom stereocenters. The Morgan fingerprint density at radius 3 is 1.86 bits per heavy atom. The van der Waals surface area contributed by atoms with Crippen molar-refractivity contribution in [2.75, 3.05) is 24.7 Å². The van der Waals surface area contributed by atoms with Gasteiger partial charge in [0.1, 0.15) is 6.29 Å². The minimum absolute atomic E-state index is 0.176. The second-order valence-corrected chi connectivity index (χ2v) is 11.3. The van der Waals surface area contributed by atoms with Crippen LogP contribution >= 0.6 is 0 Å². The lowest BCUT2D eigenvalue weighted by atomic mass is 10.1. The van der Waals surface area contributed by atoms with Crippen molar-refractivity contribution in [1.29, 1.82) is 0 Å². The first-order chi connectivity index (χ1) is 13.1. The summed E-state index contributed by atoms with van der Waals surface area (Å²) in [4.78, 5) is 5.36. The van der Waals surface area contributed by atoms with Gasteiger partial charge >= 0.3 is 0 Å². The van der Waals surface area contributed by atoms with E-state index in [0.29, 0.717) is 25.7 Å². The highest BCUT2D eigenvalue weighted by atomic mass is 32.2. The Hall–Kier alpha value is -0.810. The zero-order valence-corrected chi connectivity index (χ0v) is 18.4. The maximum Gasteiger partial charge on any atom is 0.233 e. The number of sulfone groups is 2. The van der Waals surface area contributed by atoms with Crippen LogP contribution in [0.5, 0.6) is 0 Å². The topological polar surface area (TPSA) is 135 Å². The third kappa shape index (κ3) is 5.85. The summed E-state index contributed by atoms with van der Waals surface area (Å²) in [5.74, 6) is -1.03. The third-order valence-electron chi connectivity index (χ3n) is 4.65. The lowest BCUT2D eigenvalue weighted by Gasteiger charge is -2.43. The molecule has 0 amide bonds. The molecular weight excluding hydrogens is 408 g/mol. The van der Waals surface area contributed by atoms with Gasteiger partial charge in [-0.3, -0.25) is 0 Å². The highest BCUT2D eigenvalue weighted by Crippen LogP contribution is 2.40. The fourth-order valence-electron chi connectivity index (χ4n) is 2.97. The van der Waals surface area contributed by atoms with Crippen molar-refractivity contribution < 1.29 is 36.6 Å². The van der Waals surface area contributed by atoms with Crippen LogP contribution in [-0.4, -0.2) is 67.9 Å². The first-order valence-corrected chi connectivity index (χ1v) is 12.8. The van der Waals surface area contributed by atoms with Gasteiger partial charge in [0, 0.05) is 0 Å². The summed E-state index contributed by atoms with van der Waals surface area (Å²) >= 11 is 0. The van der Waals surface area contributed by atoms with E-state index in [0.717, 1.165) is 0 Å². The smallest absolute Gasteiger partial charge is 0.233 e. The monoisotopic (exact) mass is 442 g/mol. The van der Waals surface area contributed by atoms with E-state index in [1.807, 2.05) is 13.8 Å². The standard InChI is InChI=1S/C18H34O8S2/c1-4-7-9-14-27(22,23)17(21,16-20)18(11-12-19,26-13-6-3)28(24,25)15-10-8-5-2/h6,12,20-21H,3-5,7-11,13-16H2,1-2H3/t17-,18+/m0/s1. The van der Waals surface area contributed by atoms with Crippen LogP contribution in [0.2, 0.25) is 0 Å². The largest absolute Gasteiger partial charge is 0.392 e. The van der Waals surface area contributed by atoms with E-state index in [1.165, 1.54) is 6.08 Å². The van der Waals surface area contributed by atoms with Crippen LogP contribution in [0.3, 0.4) is 0 Å².